The Morgan fingerprint density at radius 3 is 2.81 bits per heavy atom. The van der Waals surface area contributed by atoms with E-state index in [1.807, 2.05) is 24.4 Å². The molecule has 2 N–H and O–H groups in total. The van der Waals surface area contributed by atoms with Gasteiger partial charge < -0.3 is 5.32 Å². The van der Waals surface area contributed by atoms with Crippen LogP contribution in [0.25, 0.3) is 16.5 Å². The molecule has 0 aliphatic carbocycles. The third kappa shape index (κ3) is 4.34. The number of hydrogen-bond donors (Lipinski definition) is 2. The number of thiophene rings is 1. The van der Waals surface area contributed by atoms with E-state index in [0.717, 1.165) is 9.35 Å². The highest BCUT2D eigenvalue weighted by atomic mass is 79.9. The Balaban J connectivity index is 1.81. The molecule has 0 radical (unpaired) electrons. The van der Waals surface area contributed by atoms with Crippen molar-refractivity contribution in [3.63, 3.8) is 0 Å². The van der Waals surface area contributed by atoms with Gasteiger partial charge in [-0.25, -0.2) is 4.98 Å². The van der Waals surface area contributed by atoms with Crippen LogP contribution in [-0.2, 0) is 6.42 Å². The average molecular weight is 519 g/mol. The fourth-order valence-electron chi connectivity index (χ4n) is 3.14. The number of aromatic amines is 1. The Labute approximate surface area is 195 Å². The van der Waals surface area contributed by atoms with Gasteiger partial charge in [0.05, 0.1) is 15.5 Å². The fraction of sp³-hybridized carbons (Fsp3) is 0.143. The lowest BCUT2D eigenvalue weighted by atomic mass is 10.2. The molecule has 3 aromatic heterocycles. The monoisotopic (exact) mass is 517 g/mol. The van der Waals surface area contributed by atoms with E-state index in [9.17, 15) is 9.59 Å². The summed E-state index contributed by atoms with van der Waals surface area (Å²) in [5, 5.41) is 9.68. The number of nitrogens with one attached hydrogen (secondary N) is 2. The third-order valence-corrected chi connectivity index (χ3v) is 6.38. The van der Waals surface area contributed by atoms with E-state index in [2.05, 4.69) is 36.3 Å². The summed E-state index contributed by atoms with van der Waals surface area (Å²) < 4.78 is 2.15. The quantitative estimate of drug-likeness (QED) is 0.379. The van der Waals surface area contributed by atoms with Gasteiger partial charge in [-0.1, -0.05) is 40.5 Å². The van der Waals surface area contributed by atoms with Crippen LogP contribution >= 0.6 is 38.9 Å². The molecular weight excluding hydrogens is 502 g/mol. The summed E-state index contributed by atoms with van der Waals surface area (Å²) in [7, 11) is 0. The first-order valence-corrected chi connectivity index (χ1v) is 11.4. The molecule has 0 saturated heterocycles. The van der Waals surface area contributed by atoms with Crippen LogP contribution < -0.4 is 10.9 Å². The van der Waals surface area contributed by atoms with Crippen LogP contribution in [0.5, 0.6) is 0 Å². The number of carbonyl (C=O) groups is 1. The van der Waals surface area contributed by atoms with Gasteiger partial charge in [0.15, 0.2) is 0 Å². The molecule has 0 bridgehead atoms. The number of nitrogens with zero attached hydrogens (tertiary/aromatic N) is 3. The first-order valence-electron chi connectivity index (χ1n) is 9.38. The number of aryl methyl sites for hydroxylation is 1. The van der Waals surface area contributed by atoms with Gasteiger partial charge in [-0.2, -0.15) is 9.78 Å². The maximum atomic E-state index is 13.0. The third-order valence-electron chi connectivity index (χ3n) is 4.66. The predicted molar refractivity (Wildman–Crippen MR) is 127 cm³/mol. The minimum Gasteiger partial charge on any atom is -0.306 e. The van der Waals surface area contributed by atoms with Gasteiger partial charge in [0.25, 0.3) is 11.5 Å². The van der Waals surface area contributed by atoms with Gasteiger partial charge in [0.1, 0.15) is 11.5 Å². The minimum absolute atomic E-state index is 0.221. The molecule has 31 heavy (non-hydrogen) atoms. The summed E-state index contributed by atoms with van der Waals surface area (Å²) in [6.07, 6.45) is 0.568. The fourth-order valence-corrected chi connectivity index (χ4v) is 4.39. The van der Waals surface area contributed by atoms with Crippen molar-refractivity contribution in [2.75, 3.05) is 5.32 Å². The second-order valence-corrected chi connectivity index (χ2v) is 8.96. The van der Waals surface area contributed by atoms with Crippen molar-refractivity contribution in [2.24, 2.45) is 0 Å². The number of H-pyrrole nitrogens is 1. The van der Waals surface area contributed by atoms with Gasteiger partial charge in [-0.15, -0.1) is 11.3 Å². The number of anilines is 1. The van der Waals surface area contributed by atoms with E-state index in [1.165, 1.54) is 16.0 Å². The zero-order valence-electron chi connectivity index (χ0n) is 16.6. The first-order chi connectivity index (χ1) is 14.9. The smallest absolute Gasteiger partial charge is 0.258 e. The van der Waals surface area contributed by atoms with Crippen molar-refractivity contribution in [1.29, 1.82) is 0 Å². The molecule has 0 saturated carbocycles. The highest BCUT2D eigenvalue weighted by Crippen LogP contribution is 2.28. The molecule has 0 aliphatic heterocycles. The minimum atomic E-state index is -0.408. The Hall–Kier alpha value is -2.75. The van der Waals surface area contributed by atoms with Gasteiger partial charge in [-0.05, 0) is 43.0 Å². The van der Waals surface area contributed by atoms with Crippen molar-refractivity contribution in [3.8, 4) is 16.5 Å². The summed E-state index contributed by atoms with van der Waals surface area (Å²) in [5.41, 5.74) is 1.94. The Bertz CT molecular complexity index is 1330. The van der Waals surface area contributed by atoms with E-state index >= 15 is 0 Å². The van der Waals surface area contributed by atoms with E-state index in [4.69, 9.17) is 11.6 Å². The normalized spacial score (nSPS) is 11.0. The second kappa shape index (κ2) is 8.78. The molecule has 0 fully saturated rings. The number of carbonyl (C=O) groups excluding carboxylic acids is 1. The number of aromatic nitrogens is 4. The standard InChI is InChI=1S/C21H17BrClN5O2S/c1-3-13-11(2)24-21(26-19(13)29)28-18(10-16(27-28)17-5-4-8-31-17)25-20(30)14-9-12(22)6-7-15(14)23/h4-10H,3H2,1-2H3,(H,25,30)(H,24,26,29). The lowest BCUT2D eigenvalue weighted by Crippen LogP contribution is -2.22. The van der Waals surface area contributed by atoms with Crippen LogP contribution in [0.15, 0.2) is 51.0 Å². The van der Waals surface area contributed by atoms with E-state index in [-0.39, 0.29) is 11.5 Å². The van der Waals surface area contributed by atoms with Crippen LogP contribution in [0.4, 0.5) is 5.82 Å². The van der Waals surface area contributed by atoms with Crippen molar-refractivity contribution >= 4 is 50.6 Å². The highest BCUT2D eigenvalue weighted by Gasteiger charge is 2.19. The Morgan fingerprint density at radius 1 is 1.32 bits per heavy atom. The molecule has 0 unspecified atom stereocenters. The number of benzene rings is 1. The number of halogens is 2. The van der Waals surface area contributed by atoms with Crippen molar-refractivity contribution in [3.05, 3.63) is 78.4 Å². The highest BCUT2D eigenvalue weighted by molar-refractivity contribution is 9.10. The predicted octanol–water partition coefficient (Wildman–Crippen LogP) is 5.22. The largest absolute Gasteiger partial charge is 0.306 e. The molecule has 7 nitrogen and oxygen atoms in total. The molecule has 4 aromatic rings. The van der Waals surface area contributed by atoms with Gasteiger partial charge in [0, 0.05) is 21.8 Å². The summed E-state index contributed by atoms with van der Waals surface area (Å²) in [5.74, 6) is 0.170. The van der Waals surface area contributed by atoms with Crippen LogP contribution in [-0.4, -0.2) is 25.7 Å². The molecule has 1 aromatic carbocycles. The molecule has 1 amide bonds. The summed E-state index contributed by atoms with van der Waals surface area (Å²) in [4.78, 5) is 33.6. The van der Waals surface area contributed by atoms with Crippen LogP contribution in [0.3, 0.4) is 0 Å². The van der Waals surface area contributed by atoms with Crippen LogP contribution in [0.2, 0.25) is 5.02 Å². The van der Waals surface area contributed by atoms with Gasteiger partial charge in [0.2, 0.25) is 5.95 Å². The SMILES string of the molecule is CCc1c(C)nc(-n2nc(-c3cccs3)cc2NC(=O)c2cc(Br)ccc2Cl)[nH]c1=O. The number of amides is 1. The average Bonchev–Trinajstić information content (AvgIpc) is 3.39. The number of hydrogen-bond acceptors (Lipinski definition) is 5. The van der Waals surface area contributed by atoms with Gasteiger partial charge in [-0.3, -0.25) is 14.6 Å². The Kier molecular flexibility index (Phi) is 6.08. The van der Waals surface area contributed by atoms with Crippen molar-refractivity contribution < 1.29 is 4.79 Å². The Morgan fingerprint density at radius 2 is 2.13 bits per heavy atom. The van der Waals surface area contributed by atoms with E-state index < -0.39 is 5.91 Å². The first kappa shape index (κ1) is 21.5. The topological polar surface area (TPSA) is 92.7 Å². The molecule has 0 atom stereocenters. The van der Waals surface area contributed by atoms with Gasteiger partial charge >= 0.3 is 0 Å². The second-order valence-electron chi connectivity index (χ2n) is 6.69. The maximum Gasteiger partial charge on any atom is 0.258 e. The maximum absolute atomic E-state index is 13.0. The molecule has 0 spiro atoms. The summed E-state index contributed by atoms with van der Waals surface area (Å²) in [6, 6.07) is 10.6. The molecule has 0 aliphatic rings. The lowest BCUT2D eigenvalue weighted by Gasteiger charge is -2.10. The number of rotatable bonds is 5. The van der Waals surface area contributed by atoms with Crippen molar-refractivity contribution in [2.45, 2.75) is 20.3 Å². The summed E-state index contributed by atoms with van der Waals surface area (Å²) in [6.45, 7) is 3.68. The summed E-state index contributed by atoms with van der Waals surface area (Å²) >= 11 is 11.1. The van der Waals surface area contributed by atoms with Crippen LogP contribution in [0.1, 0.15) is 28.5 Å². The van der Waals surface area contributed by atoms with Crippen LogP contribution in [0, 0.1) is 6.92 Å². The lowest BCUT2D eigenvalue weighted by molar-refractivity contribution is 0.102. The molecular formula is C21H17BrClN5O2S. The molecule has 3 heterocycles. The van der Waals surface area contributed by atoms with Crippen molar-refractivity contribution in [1.82, 2.24) is 19.7 Å². The van der Waals surface area contributed by atoms with E-state index in [1.54, 1.807) is 31.2 Å². The molecule has 158 valence electrons. The zero-order chi connectivity index (χ0) is 22.1. The zero-order valence-corrected chi connectivity index (χ0v) is 19.7. The molecule has 4 rings (SSSR count). The molecule has 10 heteroatoms. The van der Waals surface area contributed by atoms with E-state index in [0.29, 0.717) is 39.8 Å².